The van der Waals surface area contributed by atoms with Gasteiger partial charge in [-0.25, -0.2) is 8.42 Å². The van der Waals surface area contributed by atoms with Crippen molar-refractivity contribution in [2.75, 3.05) is 37.4 Å². The maximum Gasteiger partial charge on any atom is 0.243 e. The molecule has 2 aromatic carbocycles. The molecule has 1 amide bonds. The summed E-state index contributed by atoms with van der Waals surface area (Å²) in [4.78, 5) is 12.3. The Labute approximate surface area is 170 Å². The van der Waals surface area contributed by atoms with Crippen LogP contribution in [-0.4, -0.2) is 45.4 Å². The molecule has 28 heavy (non-hydrogen) atoms. The van der Waals surface area contributed by atoms with Gasteiger partial charge in [0, 0.05) is 23.8 Å². The molecule has 0 bridgehead atoms. The van der Waals surface area contributed by atoms with E-state index in [1.807, 2.05) is 0 Å². The summed E-state index contributed by atoms with van der Waals surface area (Å²) in [5.74, 6) is 0.152. The topological polar surface area (TPSA) is 87.7 Å². The van der Waals surface area contributed by atoms with Crippen LogP contribution >= 0.6 is 11.6 Å². The first-order chi connectivity index (χ1) is 13.3. The fourth-order valence-corrected chi connectivity index (χ4v) is 4.22. The number of nitrogens with zero attached hydrogens (tertiary/aromatic N) is 1. The lowest BCUT2D eigenvalue weighted by atomic mass is 10.3. The minimum absolute atomic E-state index is 0.0617. The molecule has 0 aliphatic rings. The van der Waals surface area contributed by atoms with Crippen LogP contribution in [0.15, 0.2) is 47.4 Å². The van der Waals surface area contributed by atoms with Crippen molar-refractivity contribution in [3.05, 3.63) is 47.5 Å². The smallest absolute Gasteiger partial charge is 0.243 e. The number of carbonyl (C=O) groups excluding carboxylic acids is 1. The van der Waals surface area contributed by atoms with Gasteiger partial charge in [0.1, 0.15) is 5.75 Å². The second-order valence-electron chi connectivity index (χ2n) is 5.86. The Morgan fingerprint density at radius 1 is 1.11 bits per heavy atom. The molecule has 152 valence electrons. The molecule has 0 aliphatic carbocycles. The molecule has 2 N–H and O–H groups in total. The van der Waals surface area contributed by atoms with Crippen LogP contribution < -0.4 is 15.4 Å². The lowest BCUT2D eigenvalue weighted by Gasteiger charge is -2.20. The highest BCUT2D eigenvalue weighted by Crippen LogP contribution is 2.28. The Hall–Kier alpha value is -2.29. The van der Waals surface area contributed by atoms with Crippen molar-refractivity contribution in [2.24, 2.45) is 0 Å². The Balaban J connectivity index is 2.15. The highest BCUT2D eigenvalue weighted by molar-refractivity contribution is 7.89. The van der Waals surface area contributed by atoms with E-state index >= 15 is 0 Å². The van der Waals surface area contributed by atoms with Gasteiger partial charge in [0.2, 0.25) is 15.9 Å². The van der Waals surface area contributed by atoms with E-state index in [-0.39, 0.29) is 17.3 Å². The second kappa shape index (κ2) is 9.77. The Bertz CT molecular complexity index is 913. The maximum absolute atomic E-state index is 12.7. The molecule has 0 radical (unpaired) electrons. The van der Waals surface area contributed by atoms with E-state index < -0.39 is 10.0 Å². The van der Waals surface area contributed by atoms with Gasteiger partial charge in [-0.1, -0.05) is 25.4 Å². The van der Waals surface area contributed by atoms with Gasteiger partial charge in [-0.3, -0.25) is 4.79 Å². The Kier molecular flexibility index (Phi) is 7.68. The first kappa shape index (κ1) is 22.0. The zero-order valence-electron chi connectivity index (χ0n) is 16.0. The monoisotopic (exact) mass is 425 g/mol. The van der Waals surface area contributed by atoms with Crippen LogP contribution in [-0.2, 0) is 14.8 Å². The molecular formula is C19H24ClN3O4S. The van der Waals surface area contributed by atoms with E-state index in [0.29, 0.717) is 35.2 Å². The number of ether oxygens (including phenoxy) is 1. The van der Waals surface area contributed by atoms with Crippen molar-refractivity contribution in [1.82, 2.24) is 4.31 Å². The molecule has 0 saturated heterocycles. The number of amides is 1. The van der Waals surface area contributed by atoms with Crippen LogP contribution in [0, 0.1) is 0 Å². The zero-order chi connectivity index (χ0) is 20.7. The number of rotatable bonds is 9. The number of carbonyl (C=O) groups is 1. The first-order valence-electron chi connectivity index (χ1n) is 8.79. The SMILES string of the molecule is CCN(CC)S(=O)(=O)c1ccc(OC)c(NCC(=O)Nc2ccc(Cl)cc2)c1. The molecule has 0 saturated carbocycles. The lowest BCUT2D eigenvalue weighted by Crippen LogP contribution is -2.30. The van der Waals surface area contributed by atoms with Crippen molar-refractivity contribution in [1.29, 1.82) is 0 Å². The quantitative estimate of drug-likeness (QED) is 0.642. The number of benzene rings is 2. The molecule has 0 fully saturated rings. The third kappa shape index (κ3) is 5.37. The summed E-state index contributed by atoms with van der Waals surface area (Å²) in [6, 6.07) is 11.3. The van der Waals surface area contributed by atoms with Gasteiger partial charge in [0.15, 0.2) is 0 Å². The fourth-order valence-electron chi connectivity index (χ4n) is 2.61. The number of hydrogen-bond acceptors (Lipinski definition) is 5. The Morgan fingerprint density at radius 3 is 2.32 bits per heavy atom. The van der Waals surface area contributed by atoms with Crippen LogP contribution in [0.3, 0.4) is 0 Å². The van der Waals surface area contributed by atoms with E-state index in [0.717, 1.165) is 0 Å². The molecule has 0 aliphatic heterocycles. The predicted molar refractivity (Wildman–Crippen MR) is 112 cm³/mol. The highest BCUT2D eigenvalue weighted by atomic mass is 35.5. The molecule has 2 aromatic rings. The number of halogens is 1. The summed E-state index contributed by atoms with van der Waals surface area (Å²) in [7, 11) is -2.14. The minimum Gasteiger partial charge on any atom is -0.495 e. The number of sulfonamides is 1. The summed E-state index contributed by atoms with van der Waals surface area (Å²) in [6.45, 7) is 4.25. The third-order valence-corrected chi connectivity index (χ3v) is 6.38. The molecular weight excluding hydrogens is 402 g/mol. The first-order valence-corrected chi connectivity index (χ1v) is 10.6. The van der Waals surface area contributed by atoms with E-state index in [4.69, 9.17) is 16.3 Å². The summed E-state index contributed by atoms with van der Waals surface area (Å²) in [5.41, 5.74) is 1.03. The Morgan fingerprint density at radius 2 is 1.75 bits per heavy atom. The van der Waals surface area contributed by atoms with Gasteiger partial charge in [-0.05, 0) is 42.5 Å². The van der Waals surface area contributed by atoms with Crippen molar-refractivity contribution >= 4 is 38.9 Å². The van der Waals surface area contributed by atoms with Crippen molar-refractivity contribution < 1.29 is 17.9 Å². The molecule has 9 heteroatoms. The van der Waals surface area contributed by atoms with Gasteiger partial charge in [0.25, 0.3) is 0 Å². The summed E-state index contributed by atoms with van der Waals surface area (Å²) >= 11 is 5.83. The molecule has 0 aromatic heterocycles. The number of methoxy groups -OCH3 is 1. The molecule has 0 unspecified atom stereocenters. The number of anilines is 2. The van der Waals surface area contributed by atoms with E-state index in [9.17, 15) is 13.2 Å². The average Bonchev–Trinajstić information content (AvgIpc) is 2.68. The lowest BCUT2D eigenvalue weighted by molar-refractivity contribution is -0.114. The minimum atomic E-state index is -3.62. The van der Waals surface area contributed by atoms with Crippen LogP contribution in [0.25, 0.3) is 0 Å². The second-order valence-corrected chi connectivity index (χ2v) is 8.23. The van der Waals surface area contributed by atoms with Crippen LogP contribution in [0.2, 0.25) is 5.02 Å². The molecule has 0 spiro atoms. The van der Waals surface area contributed by atoms with Gasteiger partial charge in [0.05, 0.1) is 24.2 Å². The van der Waals surface area contributed by atoms with Gasteiger partial charge >= 0.3 is 0 Å². The van der Waals surface area contributed by atoms with Crippen LogP contribution in [0.4, 0.5) is 11.4 Å². The zero-order valence-corrected chi connectivity index (χ0v) is 17.6. The van der Waals surface area contributed by atoms with Gasteiger partial charge in [-0.15, -0.1) is 0 Å². The average molecular weight is 426 g/mol. The van der Waals surface area contributed by atoms with E-state index in [2.05, 4.69) is 10.6 Å². The molecule has 0 atom stereocenters. The summed E-state index contributed by atoms with van der Waals surface area (Å²) in [5, 5.41) is 6.24. The maximum atomic E-state index is 12.7. The third-order valence-electron chi connectivity index (χ3n) is 4.08. The fraction of sp³-hybridized carbons (Fsp3) is 0.316. The van der Waals surface area contributed by atoms with Crippen molar-refractivity contribution in [3.8, 4) is 5.75 Å². The number of nitrogens with one attached hydrogen (secondary N) is 2. The normalized spacial score (nSPS) is 11.3. The summed E-state index contributed by atoms with van der Waals surface area (Å²) < 4.78 is 32.1. The van der Waals surface area contributed by atoms with Crippen LogP contribution in [0.1, 0.15) is 13.8 Å². The molecule has 0 heterocycles. The van der Waals surface area contributed by atoms with Gasteiger partial charge < -0.3 is 15.4 Å². The molecule has 2 rings (SSSR count). The van der Waals surface area contributed by atoms with Crippen molar-refractivity contribution in [2.45, 2.75) is 18.7 Å². The van der Waals surface area contributed by atoms with E-state index in [1.54, 1.807) is 44.2 Å². The van der Waals surface area contributed by atoms with Crippen LogP contribution in [0.5, 0.6) is 5.75 Å². The van der Waals surface area contributed by atoms with E-state index in [1.165, 1.54) is 23.5 Å². The standard InChI is InChI=1S/C19H24ClN3O4S/c1-4-23(5-2)28(25,26)16-10-11-18(27-3)17(12-16)21-13-19(24)22-15-8-6-14(20)7-9-15/h6-12,21H,4-5,13H2,1-3H3,(H,22,24). The van der Waals surface area contributed by atoms with Gasteiger partial charge in [-0.2, -0.15) is 4.31 Å². The predicted octanol–water partition coefficient (Wildman–Crippen LogP) is 3.43. The summed E-state index contributed by atoms with van der Waals surface area (Å²) in [6.07, 6.45) is 0. The molecule has 7 nitrogen and oxygen atoms in total. The number of hydrogen-bond donors (Lipinski definition) is 2. The largest absolute Gasteiger partial charge is 0.495 e. The van der Waals surface area contributed by atoms with Crippen molar-refractivity contribution in [3.63, 3.8) is 0 Å². The highest BCUT2D eigenvalue weighted by Gasteiger charge is 2.23.